The molecule has 2 atom stereocenters. The van der Waals surface area contributed by atoms with Gasteiger partial charge in [0.15, 0.2) is 0 Å². The topological polar surface area (TPSA) is 3.24 Å². The third-order valence-corrected chi connectivity index (χ3v) is 3.78. The molecule has 13 heavy (non-hydrogen) atoms. The molecule has 0 aromatic rings. The van der Waals surface area contributed by atoms with Crippen molar-refractivity contribution in [3.8, 4) is 0 Å². The van der Waals surface area contributed by atoms with Crippen molar-refractivity contribution in [1.82, 2.24) is 4.90 Å². The highest BCUT2D eigenvalue weighted by Gasteiger charge is 2.17. The van der Waals surface area contributed by atoms with Gasteiger partial charge in [-0.1, -0.05) is 25.7 Å². The van der Waals surface area contributed by atoms with Crippen LogP contribution in [0.25, 0.3) is 0 Å². The number of fused-ring (bicyclic) bond motifs is 3. The number of nitrogens with zero attached hydrogens (tertiary/aromatic N) is 1. The summed E-state index contributed by atoms with van der Waals surface area (Å²) < 4.78 is 0. The summed E-state index contributed by atoms with van der Waals surface area (Å²) in [6, 6.07) is 0. The summed E-state index contributed by atoms with van der Waals surface area (Å²) >= 11 is 0. The van der Waals surface area contributed by atoms with Gasteiger partial charge in [-0.05, 0) is 51.2 Å². The van der Waals surface area contributed by atoms with Crippen molar-refractivity contribution in [3.05, 3.63) is 0 Å². The Labute approximate surface area is 82.5 Å². The van der Waals surface area contributed by atoms with Gasteiger partial charge in [-0.15, -0.1) is 0 Å². The minimum absolute atomic E-state index is 1.07. The normalized spacial score (nSPS) is 36.9. The molecule has 1 nitrogen and oxygen atoms in total. The molecular weight excluding hydrogens is 158 g/mol. The molecule has 2 saturated heterocycles. The van der Waals surface area contributed by atoms with Crippen molar-refractivity contribution in [2.24, 2.45) is 5.92 Å². The van der Waals surface area contributed by atoms with Crippen LogP contribution in [0.3, 0.4) is 0 Å². The summed E-state index contributed by atoms with van der Waals surface area (Å²) in [5, 5.41) is 0. The van der Waals surface area contributed by atoms with Crippen LogP contribution in [0.5, 0.6) is 0 Å². The van der Waals surface area contributed by atoms with Crippen LogP contribution in [0.1, 0.15) is 51.4 Å². The van der Waals surface area contributed by atoms with Gasteiger partial charge in [0.1, 0.15) is 0 Å². The van der Waals surface area contributed by atoms with Crippen LogP contribution in [0, 0.1) is 5.92 Å². The van der Waals surface area contributed by atoms with E-state index in [0.717, 1.165) is 5.92 Å². The average Bonchev–Trinajstić information content (AvgIpc) is 2.40. The fourth-order valence-corrected chi connectivity index (χ4v) is 2.86. The molecule has 0 aromatic carbocycles. The van der Waals surface area contributed by atoms with E-state index in [-0.39, 0.29) is 0 Å². The molecule has 0 saturated carbocycles. The maximum absolute atomic E-state index is 2.70. The largest absolute Gasteiger partial charge is 0.303 e. The van der Waals surface area contributed by atoms with Gasteiger partial charge >= 0.3 is 0 Å². The van der Waals surface area contributed by atoms with Crippen LogP contribution >= 0.6 is 0 Å². The summed E-state index contributed by atoms with van der Waals surface area (Å²) in [7, 11) is 0. The highest BCUT2D eigenvalue weighted by Crippen LogP contribution is 2.24. The SMILES string of the molecule is C1CCCN2CCCC(CC1)CC2. The summed E-state index contributed by atoms with van der Waals surface area (Å²) in [5.41, 5.74) is 0. The van der Waals surface area contributed by atoms with E-state index in [1.807, 2.05) is 0 Å². The van der Waals surface area contributed by atoms with E-state index in [9.17, 15) is 0 Å². The molecule has 2 heterocycles. The Kier molecular flexibility index (Phi) is 3.65. The molecule has 0 N–H and O–H groups in total. The van der Waals surface area contributed by atoms with E-state index in [1.54, 1.807) is 0 Å². The van der Waals surface area contributed by atoms with Crippen molar-refractivity contribution in [2.75, 3.05) is 19.6 Å². The second kappa shape index (κ2) is 4.99. The Morgan fingerprint density at radius 2 is 1.38 bits per heavy atom. The maximum atomic E-state index is 2.70. The lowest BCUT2D eigenvalue weighted by Crippen LogP contribution is -2.26. The molecule has 2 rings (SSSR count). The Morgan fingerprint density at radius 3 is 2.38 bits per heavy atom. The third kappa shape index (κ3) is 2.98. The molecule has 2 fully saturated rings. The second-order valence-electron chi connectivity index (χ2n) is 4.84. The smallest absolute Gasteiger partial charge is 0.00161 e. The maximum Gasteiger partial charge on any atom is -0.00161 e. The van der Waals surface area contributed by atoms with Crippen LogP contribution in [0.4, 0.5) is 0 Å². The molecule has 2 bridgehead atoms. The molecule has 0 amide bonds. The zero-order chi connectivity index (χ0) is 8.93. The Bertz CT molecular complexity index is 128. The molecule has 2 unspecified atom stereocenters. The fourth-order valence-electron chi connectivity index (χ4n) is 2.86. The van der Waals surface area contributed by atoms with Gasteiger partial charge in [0.05, 0.1) is 0 Å². The monoisotopic (exact) mass is 181 g/mol. The molecule has 0 aliphatic carbocycles. The lowest BCUT2D eigenvalue weighted by Gasteiger charge is -2.21. The number of rotatable bonds is 0. The molecule has 1 heteroatoms. The second-order valence-corrected chi connectivity index (χ2v) is 4.84. The first-order valence-electron chi connectivity index (χ1n) is 6.17. The van der Waals surface area contributed by atoms with Crippen molar-refractivity contribution in [2.45, 2.75) is 51.4 Å². The summed E-state index contributed by atoms with van der Waals surface area (Å²) in [6.07, 6.45) is 11.9. The van der Waals surface area contributed by atoms with Gasteiger partial charge in [0, 0.05) is 0 Å². The van der Waals surface area contributed by atoms with Crippen molar-refractivity contribution >= 4 is 0 Å². The van der Waals surface area contributed by atoms with E-state index in [2.05, 4.69) is 4.90 Å². The highest BCUT2D eigenvalue weighted by atomic mass is 15.1. The highest BCUT2D eigenvalue weighted by molar-refractivity contribution is 4.71. The van der Waals surface area contributed by atoms with Gasteiger partial charge in [0.2, 0.25) is 0 Å². The molecule has 0 spiro atoms. The van der Waals surface area contributed by atoms with E-state index in [1.165, 1.54) is 71.0 Å². The quantitative estimate of drug-likeness (QED) is 0.555. The third-order valence-electron chi connectivity index (χ3n) is 3.78. The number of hydrogen-bond acceptors (Lipinski definition) is 1. The van der Waals surface area contributed by atoms with Gasteiger partial charge in [0.25, 0.3) is 0 Å². The Hall–Kier alpha value is -0.0400. The van der Waals surface area contributed by atoms with Crippen LogP contribution < -0.4 is 0 Å². The summed E-state index contributed by atoms with van der Waals surface area (Å²) in [5.74, 6) is 1.07. The first-order valence-corrected chi connectivity index (χ1v) is 6.17. The van der Waals surface area contributed by atoms with E-state index in [0.29, 0.717) is 0 Å². The Balaban J connectivity index is 1.90. The van der Waals surface area contributed by atoms with E-state index < -0.39 is 0 Å². The lowest BCUT2D eigenvalue weighted by atomic mass is 9.93. The molecule has 0 aromatic heterocycles. The average molecular weight is 181 g/mol. The van der Waals surface area contributed by atoms with Crippen LogP contribution in [0.15, 0.2) is 0 Å². The molecule has 2 aliphatic rings. The summed E-state index contributed by atoms with van der Waals surface area (Å²) in [6.45, 7) is 4.16. The molecule has 76 valence electrons. The number of hydrogen-bond donors (Lipinski definition) is 0. The standard InChI is InChI=1S/C12H23N/c1-2-4-9-13-10-5-7-12(6-3-1)8-11-13/h12H,1-11H2. The Morgan fingerprint density at radius 1 is 0.615 bits per heavy atom. The van der Waals surface area contributed by atoms with Crippen molar-refractivity contribution in [1.29, 1.82) is 0 Å². The van der Waals surface area contributed by atoms with Gasteiger partial charge in [-0.2, -0.15) is 0 Å². The predicted molar refractivity (Wildman–Crippen MR) is 56.9 cm³/mol. The van der Waals surface area contributed by atoms with E-state index >= 15 is 0 Å². The van der Waals surface area contributed by atoms with Gasteiger partial charge in [-0.3, -0.25) is 0 Å². The van der Waals surface area contributed by atoms with Crippen LogP contribution in [-0.2, 0) is 0 Å². The van der Waals surface area contributed by atoms with Crippen molar-refractivity contribution in [3.63, 3.8) is 0 Å². The predicted octanol–water partition coefficient (Wildman–Crippen LogP) is 3.05. The van der Waals surface area contributed by atoms with Gasteiger partial charge < -0.3 is 4.90 Å². The van der Waals surface area contributed by atoms with Crippen molar-refractivity contribution < 1.29 is 0 Å². The molecule has 0 radical (unpaired) electrons. The molecular formula is C12H23N. The molecule has 2 aliphatic heterocycles. The first-order chi connectivity index (χ1) is 6.45. The summed E-state index contributed by atoms with van der Waals surface area (Å²) in [4.78, 5) is 2.70. The van der Waals surface area contributed by atoms with Crippen LogP contribution in [0.2, 0.25) is 0 Å². The van der Waals surface area contributed by atoms with Crippen LogP contribution in [-0.4, -0.2) is 24.5 Å². The van der Waals surface area contributed by atoms with Gasteiger partial charge in [-0.25, -0.2) is 0 Å². The lowest BCUT2D eigenvalue weighted by molar-refractivity contribution is 0.265. The zero-order valence-electron chi connectivity index (χ0n) is 8.80. The van der Waals surface area contributed by atoms with E-state index in [4.69, 9.17) is 0 Å². The zero-order valence-corrected chi connectivity index (χ0v) is 8.80. The first kappa shape index (κ1) is 9.51. The minimum atomic E-state index is 1.07. The minimum Gasteiger partial charge on any atom is -0.303 e. The fraction of sp³-hybridized carbons (Fsp3) is 1.00.